The highest BCUT2D eigenvalue weighted by molar-refractivity contribution is 4.46. The Morgan fingerprint density at radius 1 is 0.786 bits per heavy atom. The van der Waals surface area contributed by atoms with Gasteiger partial charge in [-0.3, -0.25) is 0 Å². The lowest BCUT2D eigenvalue weighted by Gasteiger charge is -2.12. The fourth-order valence-corrected chi connectivity index (χ4v) is 0.753. The third kappa shape index (κ3) is 8.44. The van der Waals surface area contributed by atoms with Crippen LogP contribution in [0.2, 0.25) is 0 Å². The van der Waals surface area contributed by atoms with Crippen molar-refractivity contribution in [3.8, 4) is 0 Å². The van der Waals surface area contributed by atoms with E-state index in [1.807, 2.05) is 13.8 Å². The summed E-state index contributed by atoms with van der Waals surface area (Å²) < 4.78 is 20.7. The monoisotopic (exact) mass is 206 g/mol. The second-order valence-corrected chi connectivity index (χ2v) is 3.24. The van der Waals surface area contributed by atoms with Gasteiger partial charge in [0.15, 0.2) is 0 Å². The lowest BCUT2D eigenvalue weighted by Crippen LogP contribution is -2.18. The molecule has 86 valence electrons. The quantitative estimate of drug-likeness (QED) is 0.529. The molecule has 0 radical (unpaired) electrons. The molecule has 4 nitrogen and oxygen atoms in total. The maximum atomic E-state index is 5.31. The standard InChI is InChI=1S/C10H22O4/c1-9(11-3)7-13-5-6-14-8-10(2)12-4/h9-10H,5-8H2,1-4H3. The van der Waals surface area contributed by atoms with Gasteiger partial charge >= 0.3 is 0 Å². The molecular formula is C10H22O4. The van der Waals surface area contributed by atoms with Crippen LogP contribution in [0.5, 0.6) is 0 Å². The van der Waals surface area contributed by atoms with E-state index in [0.717, 1.165) is 0 Å². The summed E-state index contributed by atoms with van der Waals surface area (Å²) in [6.45, 7) is 6.36. The van der Waals surface area contributed by atoms with Gasteiger partial charge in [0.2, 0.25) is 0 Å². The molecule has 2 unspecified atom stereocenters. The summed E-state index contributed by atoms with van der Waals surface area (Å²) in [7, 11) is 3.34. The summed E-state index contributed by atoms with van der Waals surface area (Å²) in [4.78, 5) is 0. The van der Waals surface area contributed by atoms with Crippen molar-refractivity contribution >= 4 is 0 Å². The van der Waals surface area contributed by atoms with Crippen LogP contribution in [0.15, 0.2) is 0 Å². The highest BCUT2D eigenvalue weighted by Gasteiger charge is 2.00. The van der Waals surface area contributed by atoms with Crippen LogP contribution in [0.4, 0.5) is 0 Å². The van der Waals surface area contributed by atoms with Gasteiger partial charge in [0.05, 0.1) is 38.6 Å². The summed E-state index contributed by atoms with van der Waals surface area (Å²) in [6, 6.07) is 0. The van der Waals surface area contributed by atoms with E-state index in [-0.39, 0.29) is 12.2 Å². The lowest BCUT2D eigenvalue weighted by atomic mass is 10.4. The minimum absolute atomic E-state index is 0.146. The fourth-order valence-electron chi connectivity index (χ4n) is 0.753. The van der Waals surface area contributed by atoms with Gasteiger partial charge in [0, 0.05) is 14.2 Å². The van der Waals surface area contributed by atoms with Crippen LogP contribution in [0, 0.1) is 0 Å². The second-order valence-electron chi connectivity index (χ2n) is 3.24. The van der Waals surface area contributed by atoms with Crippen molar-refractivity contribution in [2.45, 2.75) is 26.1 Å². The molecule has 0 spiro atoms. The van der Waals surface area contributed by atoms with Crippen molar-refractivity contribution in [1.29, 1.82) is 0 Å². The molecule has 0 amide bonds. The fraction of sp³-hybridized carbons (Fsp3) is 1.00. The van der Waals surface area contributed by atoms with Crippen molar-refractivity contribution in [2.75, 3.05) is 40.6 Å². The zero-order chi connectivity index (χ0) is 10.8. The topological polar surface area (TPSA) is 36.9 Å². The van der Waals surface area contributed by atoms with E-state index in [1.54, 1.807) is 14.2 Å². The molecule has 2 atom stereocenters. The lowest BCUT2D eigenvalue weighted by molar-refractivity contribution is -0.0268. The highest BCUT2D eigenvalue weighted by atomic mass is 16.6. The predicted molar refractivity (Wildman–Crippen MR) is 54.6 cm³/mol. The van der Waals surface area contributed by atoms with E-state index in [0.29, 0.717) is 26.4 Å². The molecule has 0 aromatic heterocycles. The van der Waals surface area contributed by atoms with Gasteiger partial charge in [0.25, 0.3) is 0 Å². The van der Waals surface area contributed by atoms with E-state index >= 15 is 0 Å². The average Bonchev–Trinajstić information content (AvgIpc) is 2.22. The first-order valence-electron chi connectivity index (χ1n) is 4.91. The van der Waals surface area contributed by atoms with Crippen LogP contribution in [0.25, 0.3) is 0 Å². The minimum atomic E-state index is 0.146. The molecule has 0 bridgehead atoms. The summed E-state index contributed by atoms with van der Waals surface area (Å²) in [5.41, 5.74) is 0. The second kappa shape index (κ2) is 9.40. The summed E-state index contributed by atoms with van der Waals surface area (Å²) in [6.07, 6.45) is 0.292. The van der Waals surface area contributed by atoms with Crippen molar-refractivity contribution in [3.05, 3.63) is 0 Å². The first-order chi connectivity index (χ1) is 6.70. The van der Waals surface area contributed by atoms with Gasteiger partial charge in [-0.05, 0) is 13.8 Å². The van der Waals surface area contributed by atoms with Crippen LogP contribution in [0.3, 0.4) is 0 Å². The van der Waals surface area contributed by atoms with Crippen molar-refractivity contribution < 1.29 is 18.9 Å². The minimum Gasteiger partial charge on any atom is -0.379 e. The number of methoxy groups -OCH3 is 2. The summed E-state index contributed by atoms with van der Waals surface area (Å²) in [5, 5.41) is 0. The van der Waals surface area contributed by atoms with Crippen molar-refractivity contribution in [3.63, 3.8) is 0 Å². The van der Waals surface area contributed by atoms with Crippen LogP contribution >= 0.6 is 0 Å². The Labute approximate surface area is 86.5 Å². The van der Waals surface area contributed by atoms with E-state index in [4.69, 9.17) is 18.9 Å². The number of hydrogen-bond acceptors (Lipinski definition) is 4. The molecule has 0 heterocycles. The van der Waals surface area contributed by atoms with Gasteiger partial charge in [-0.2, -0.15) is 0 Å². The molecule has 0 aliphatic carbocycles. The SMILES string of the molecule is COC(C)COCCOCC(C)OC. The Morgan fingerprint density at radius 2 is 1.14 bits per heavy atom. The number of ether oxygens (including phenoxy) is 4. The molecule has 0 aliphatic heterocycles. The Hall–Kier alpha value is -0.160. The summed E-state index contributed by atoms with van der Waals surface area (Å²) in [5.74, 6) is 0. The molecule has 0 rings (SSSR count). The maximum Gasteiger partial charge on any atom is 0.0776 e. The molecule has 0 saturated carbocycles. The molecule has 0 fully saturated rings. The molecule has 4 heteroatoms. The van der Waals surface area contributed by atoms with E-state index in [2.05, 4.69) is 0 Å². The Morgan fingerprint density at radius 3 is 1.43 bits per heavy atom. The number of rotatable bonds is 9. The maximum absolute atomic E-state index is 5.31. The Balaban J connectivity index is 3.06. The molecule has 0 N–H and O–H groups in total. The Bertz CT molecular complexity index is 105. The Kier molecular flexibility index (Phi) is 9.29. The van der Waals surface area contributed by atoms with Gasteiger partial charge in [-0.25, -0.2) is 0 Å². The van der Waals surface area contributed by atoms with Crippen LogP contribution < -0.4 is 0 Å². The van der Waals surface area contributed by atoms with Gasteiger partial charge < -0.3 is 18.9 Å². The molecule has 0 aromatic carbocycles. The normalized spacial score (nSPS) is 15.4. The van der Waals surface area contributed by atoms with E-state index < -0.39 is 0 Å². The van der Waals surface area contributed by atoms with Crippen LogP contribution in [-0.2, 0) is 18.9 Å². The average molecular weight is 206 g/mol. The first-order valence-corrected chi connectivity index (χ1v) is 4.91. The molecule has 0 aliphatic rings. The van der Waals surface area contributed by atoms with E-state index in [1.165, 1.54) is 0 Å². The predicted octanol–water partition coefficient (Wildman–Crippen LogP) is 1.09. The van der Waals surface area contributed by atoms with Crippen LogP contribution in [0.1, 0.15) is 13.8 Å². The number of hydrogen-bond donors (Lipinski definition) is 0. The van der Waals surface area contributed by atoms with Crippen molar-refractivity contribution in [1.82, 2.24) is 0 Å². The molecule has 0 saturated heterocycles. The molecular weight excluding hydrogens is 184 g/mol. The first kappa shape index (κ1) is 13.8. The third-order valence-electron chi connectivity index (χ3n) is 1.88. The van der Waals surface area contributed by atoms with Crippen molar-refractivity contribution in [2.24, 2.45) is 0 Å². The van der Waals surface area contributed by atoms with Gasteiger partial charge in [-0.1, -0.05) is 0 Å². The van der Waals surface area contributed by atoms with Gasteiger partial charge in [0.1, 0.15) is 0 Å². The largest absolute Gasteiger partial charge is 0.379 e. The van der Waals surface area contributed by atoms with Gasteiger partial charge in [-0.15, -0.1) is 0 Å². The molecule has 14 heavy (non-hydrogen) atoms. The highest BCUT2D eigenvalue weighted by Crippen LogP contribution is 1.91. The smallest absolute Gasteiger partial charge is 0.0776 e. The zero-order valence-corrected chi connectivity index (χ0v) is 9.62. The zero-order valence-electron chi connectivity index (χ0n) is 9.62. The molecule has 0 aromatic rings. The van der Waals surface area contributed by atoms with Crippen LogP contribution in [-0.4, -0.2) is 52.9 Å². The summed E-state index contributed by atoms with van der Waals surface area (Å²) >= 11 is 0. The van der Waals surface area contributed by atoms with E-state index in [9.17, 15) is 0 Å². The third-order valence-corrected chi connectivity index (χ3v) is 1.88.